The van der Waals surface area contributed by atoms with Gasteiger partial charge in [0.15, 0.2) is 0 Å². The molecule has 7 heteroatoms. The Kier molecular flexibility index (Phi) is 4.74. The second-order valence-corrected chi connectivity index (χ2v) is 6.87. The summed E-state index contributed by atoms with van der Waals surface area (Å²) in [7, 11) is 3.86. The highest BCUT2D eigenvalue weighted by Crippen LogP contribution is 2.36. The molecule has 2 aromatic heterocycles. The lowest BCUT2D eigenvalue weighted by Crippen LogP contribution is -2.38. The number of anilines is 1. The second-order valence-electron chi connectivity index (χ2n) is 6.87. The lowest BCUT2D eigenvalue weighted by atomic mass is 9.89. The fraction of sp³-hybridized carbons (Fsp3) is 0.556. The molecule has 134 valence electrons. The van der Waals surface area contributed by atoms with E-state index >= 15 is 0 Å². The van der Waals surface area contributed by atoms with Gasteiger partial charge in [-0.2, -0.15) is 0 Å². The number of rotatable bonds is 3. The fourth-order valence-electron chi connectivity index (χ4n) is 3.46. The van der Waals surface area contributed by atoms with Crippen LogP contribution in [0.1, 0.15) is 42.8 Å². The van der Waals surface area contributed by atoms with Crippen LogP contribution >= 0.6 is 0 Å². The molecule has 1 aliphatic rings. The Morgan fingerprint density at radius 2 is 2.12 bits per heavy atom. The molecule has 1 aliphatic heterocycles. The van der Waals surface area contributed by atoms with Gasteiger partial charge in [-0.25, -0.2) is 9.97 Å². The number of carbonyl (C=O) groups is 1. The van der Waals surface area contributed by atoms with Crippen molar-refractivity contribution in [3.63, 3.8) is 0 Å². The molecular weight excluding hydrogens is 318 g/mol. The summed E-state index contributed by atoms with van der Waals surface area (Å²) in [5.41, 5.74) is 3.72. The van der Waals surface area contributed by atoms with Crippen molar-refractivity contribution in [3.8, 4) is 11.1 Å². The Morgan fingerprint density at radius 3 is 2.72 bits per heavy atom. The highest BCUT2D eigenvalue weighted by molar-refractivity contribution is 5.74. The van der Waals surface area contributed by atoms with Crippen LogP contribution in [0.2, 0.25) is 0 Å². The lowest BCUT2D eigenvalue weighted by molar-refractivity contribution is -0.130. The summed E-state index contributed by atoms with van der Waals surface area (Å²) in [6.07, 6.45) is 3.84. The number of aromatic nitrogens is 3. The van der Waals surface area contributed by atoms with Crippen LogP contribution in [0.15, 0.2) is 10.7 Å². The first kappa shape index (κ1) is 17.4. The lowest BCUT2D eigenvalue weighted by Gasteiger charge is -2.32. The van der Waals surface area contributed by atoms with Crippen molar-refractivity contribution in [1.82, 2.24) is 20.0 Å². The van der Waals surface area contributed by atoms with Crippen LogP contribution in [-0.4, -0.2) is 53.1 Å². The standard InChI is InChI=1S/C18H25N5O2/c1-11-16(12(2)25-21-11)15-9-19-18(22(4)5)20-17(15)14-7-6-8-23(10-14)13(3)24/h9,14H,6-8,10H2,1-5H3. The number of aryl methyl sites for hydroxylation is 2. The van der Waals surface area contributed by atoms with Gasteiger partial charge in [0.1, 0.15) is 5.76 Å². The fourth-order valence-corrected chi connectivity index (χ4v) is 3.46. The molecule has 0 aromatic carbocycles. The van der Waals surface area contributed by atoms with Crippen molar-refractivity contribution < 1.29 is 9.32 Å². The Labute approximate surface area is 148 Å². The van der Waals surface area contributed by atoms with Gasteiger partial charge in [-0.05, 0) is 26.7 Å². The van der Waals surface area contributed by atoms with Crippen molar-refractivity contribution in [3.05, 3.63) is 23.3 Å². The monoisotopic (exact) mass is 343 g/mol. The molecule has 1 unspecified atom stereocenters. The first-order valence-corrected chi connectivity index (χ1v) is 8.61. The highest BCUT2D eigenvalue weighted by Gasteiger charge is 2.28. The predicted molar refractivity (Wildman–Crippen MR) is 95.6 cm³/mol. The van der Waals surface area contributed by atoms with E-state index in [1.165, 1.54) is 0 Å². The number of carbonyl (C=O) groups excluding carboxylic acids is 1. The molecule has 1 saturated heterocycles. The number of hydrogen-bond acceptors (Lipinski definition) is 6. The summed E-state index contributed by atoms with van der Waals surface area (Å²) in [5.74, 6) is 1.73. The molecule has 2 aromatic rings. The van der Waals surface area contributed by atoms with E-state index in [0.717, 1.165) is 47.7 Å². The van der Waals surface area contributed by atoms with E-state index in [4.69, 9.17) is 9.51 Å². The topological polar surface area (TPSA) is 75.4 Å². The number of amides is 1. The number of hydrogen-bond donors (Lipinski definition) is 0. The summed E-state index contributed by atoms with van der Waals surface area (Å²) < 4.78 is 5.35. The normalized spacial score (nSPS) is 17.6. The average Bonchev–Trinajstić information content (AvgIpc) is 2.93. The molecule has 3 heterocycles. The van der Waals surface area contributed by atoms with Gasteiger partial charge in [-0.1, -0.05) is 5.16 Å². The van der Waals surface area contributed by atoms with Crippen LogP contribution in [0.3, 0.4) is 0 Å². The zero-order chi connectivity index (χ0) is 18.1. The molecule has 7 nitrogen and oxygen atoms in total. The zero-order valence-electron chi connectivity index (χ0n) is 15.5. The minimum Gasteiger partial charge on any atom is -0.361 e. The van der Waals surface area contributed by atoms with Gasteiger partial charge in [-0.15, -0.1) is 0 Å². The maximum atomic E-state index is 11.8. The number of piperidine rings is 1. The maximum Gasteiger partial charge on any atom is 0.225 e. The maximum absolute atomic E-state index is 11.8. The van der Waals surface area contributed by atoms with Crippen molar-refractivity contribution >= 4 is 11.9 Å². The number of nitrogens with zero attached hydrogens (tertiary/aromatic N) is 5. The summed E-state index contributed by atoms with van der Waals surface area (Å²) in [6.45, 7) is 6.97. The minimum atomic E-state index is 0.116. The summed E-state index contributed by atoms with van der Waals surface area (Å²) in [6, 6.07) is 0. The molecule has 25 heavy (non-hydrogen) atoms. The molecular formula is C18H25N5O2. The van der Waals surface area contributed by atoms with Gasteiger partial charge in [0, 0.05) is 51.8 Å². The Hall–Kier alpha value is -2.44. The van der Waals surface area contributed by atoms with Gasteiger partial charge in [-0.3, -0.25) is 4.79 Å². The van der Waals surface area contributed by atoms with Crippen LogP contribution < -0.4 is 4.90 Å². The molecule has 3 rings (SSSR count). The van der Waals surface area contributed by atoms with Crippen LogP contribution in [-0.2, 0) is 4.79 Å². The van der Waals surface area contributed by atoms with Crippen molar-refractivity contribution in [2.75, 3.05) is 32.1 Å². The minimum absolute atomic E-state index is 0.116. The van der Waals surface area contributed by atoms with Crippen LogP contribution in [0.25, 0.3) is 11.1 Å². The quantitative estimate of drug-likeness (QED) is 0.852. The van der Waals surface area contributed by atoms with Crippen molar-refractivity contribution in [1.29, 1.82) is 0 Å². The van der Waals surface area contributed by atoms with E-state index in [9.17, 15) is 4.79 Å². The first-order valence-electron chi connectivity index (χ1n) is 8.61. The third-order valence-electron chi connectivity index (χ3n) is 4.76. The Morgan fingerprint density at radius 1 is 1.36 bits per heavy atom. The smallest absolute Gasteiger partial charge is 0.225 e. The van der Waals surface area contributed by atoms with E-state index in [1.54, 1.807) is 6.92 Å². The van der Waals surface area contributed by atoms with E-state index in [0.29, 0.717) is 12.5 Å². The molecule has 1 atom stereocenters. The zero-order valence-corrected chi connectivity index (χ0v) is 15.5. The number of likely N-dealkylation sites (tertiary alicyclic amines) is 1. The van der Waals surface area contributed by atoms with E-state index in [2.05, 4.69) is 10.1 Å². The van der Waals surface area contributed by atoms with Gasteiger partial charge >= 0.3 is 0 Å². The van der Waals surface area contributed by atoms with E-state index < -0.39 is 0 Å². The van der Waals surface area contributed by atoms with Crippen LogP contribution in [0.4, 0.5) is 5.95 Å². The molecule has 0 spiro atoms. The van der Waals surface area contributed by atoms with E-state index in [-0.39, 0.29) is 11.8 Å². The van der Waals surface area contributed by atoms with Gasteiger partial charge in [0.25, 0.3) is 0 Å². The van der Waals surface area contributed by atoms with Gasteiger partial charge in [0.2, 0.25) is 11.9 Å². The van der Waals surface area contributed by atoms with Gasteiger partial charge < -0.3 is 14.3 Å². The Bertz CT molecular complexity index is 764. The van der Waals surface area contributed by atoms with Crippen LogP contribution in [0.5, 0.6) is 0 Å². The molecule has 0 saturated carbocycles. The van der Waals surface area contributed by atoms with Crippen LogP contribution in [0, 0.1) is 13.8 Å². The molecule has 0 bridgehead atoms. The third-order valence-corrected chi connectivity index (χ3v) is 4.76. The van der Waals surface area contributed by atoms with Gasteiger partial charge in [0.05, 0.1) is 17.0 Å². The second kappa shape index (κ2) is 6.82. The third kappa shape index (κ3) is 3.36. The van der Waals surface area contributed by atoms with Crippen molar-refractivity contribution in [2.45, 2.75) is 39.5 Å². The van der Waals surface area contributed by atoms with Crippen molar-refractivity contribution in [2.24, 2.45) is 0 Å². The Balaban J connectivity index is 2.09. The molecule has 0 aliphatic carbocycles. The summed E-state index contributed by atoms with van der Waals surface area (Å²) >= 11 is 0. The predicted octanol–water partition coefficient (Wildman–Crippen LogP) is 2.54. The summed E-state index contributed by atoms with van der Waals surface area (Å²) in [5, 5.41) is 4.07. The molecule has 0 radical (unpaired) electrons. The molecule has 1 fully saturated rings. The highest BCUT2D eigenvalue weighted by atomic mass is 16.5. The first-order chi connectivity index (χ1) is 11.9. The average molecular weight is 343 g/mol. The summed E-state index contributed by atoms with van der Waals surface area (Å²) in [4.78, 5) is 25.0. The SMILES string of the molecule is CC(=O)N1CCCC(c2nc(N(C)C)ncc2-c2c(C)noc2C)C1. The van der Waals surface area contributed by atoms with E-state index in [1.807, 2.05) is 43.9 Å². The molecule has 1 amide bonds. The largest absolute Gasteiger partial charge is 0.361 e. The molecule has 0 N–H and O–H groups in total.